The molecule has 0 spiro atoms. The van der Waals surface area contributed by atoms with Crippen molar-refractivity contribution in [3.63, 3.8) is 0 Å². The van der Waals surface area contributed by atoms with Gasteiger partial charge in [0.25, 0.3) is 0 Å². The lowest BCUT2D eigenvalue weighted by molar-refractivity contribution is -0.170. The minimum atomic E-state index is -1.74. The van der Waals surface area contributed by atoms with Crippen LogP contribution < -0.4 is 0 Å². The summed E-state index contributed by atoms with van der Waals surface area (Å²) in [6.07, 6.45) is 5.80. The summed E-state index contributed by atoms with van der Waals surface area (Å²) in [4.78, 5) is 0. The summed E-state index contributed by atoms with van der Waals surface area (Å²) in [6, 6.07) is 0. The summed E-state index contributed by atoms with van der Waals surface area (Å²) in [7, 11) is -1.74. The van der Waals surface area contributed by atoms with Gasteiger partial charge in [-0.2, -0.15) is 0 Å². The third-order valence-electron chi connectivity index (χ3n) is 5.57. The van der Waals surface area contributed by atoms with Crippen LogP contribution in [0.15, 0.2) is 12.2 Å². The van der Waals surface area contributed by atoms with Crippen molar-refractivity contribution in [1.29, 1.82) is 0 Å². The molecule has 0 aromatic heterocycles. The summed E-state index contributed by atoms with van der Waals surface area (Å²) >= 11 is 0. The van der Waals surface area contributed by atoms with Crippen molar-refractivity contribution in [2.75, 3.05) is 13.2 Å². The topological polar surface area (TPSA) is 27.7 Å². The van der Waals surface area contributed by atoms with Crippen LogP contribution in [0.4, 0.5) is 0 Å². The van der Waals surface area contributed by atoms with Gasteiger partial charge in [-0.3, -0.25) is 0 Å². The molecule has 1 saturated carbocycles. The summed E-state index contributed by atoms with van der Waals surface area (Å²) in [5.74, 6) is 0.333. The molecule has 3 nitrogen and oxygen atoms in total. The number of rotatable bonds is 5. The molecule has 1 unspecified atom stereocenters. The molecule has 128 valence electrons. The first-order chi connectivity index (χ1) is 10.2. The van der Waals surface area contributed by atoms with Crippen molar-refractivity contribution in [3.05, 3.63) is 12.2 Å². The molecule has 0 aromatic carbocycles. The average molecular weight is 327 g/mol. The quantitative estimate of drug-likeness (QED) is 0.532. The maximum Gasteiger partial charge on any atom is 0.192 e. The standard InChI is InChI=1S/C18H34O3Si/c1-14-10-11-16(21-22(5,6)18(2,3)4)15(14)13-20-17-9-7-8-12-19-17/h15-17H,1,7-13H2,2-6H3/t15-,16-,17?/m0/s1. The first-order valence-corrected chi connectivity index (χ1v) is 11.7. The predicted molar refractivity (Wildman–Crippen MR) is 93.5 cm³/mol. The van der Waals surface area contributed by atoms with Gasteiger partial charge in [-0.1, -0.05) is 32.9 Å². The lowest BCUT2D eigenvalue weighted by Gasteiger charge is -2.40. The highest BCUT2D eigenvalue weighted by Crippen LogP contribution is 2.42. The van der Waals surface area contributed by atoms with Crippen LogP contribution >= 0.6 is 0 Å². The molecular formula is C18H34O3Si. The van der Waals surface area contributed by atoms with Crippen LogP contribution in [0.5, 0.6) is 0 Å². The van der Waals surface area contributed by atoms with E-state index in [-0.39, 0.29) is 17.4 Å². The van der Waals surface area contributed by atoms with Crippen LogP contribution in [-0.2, 0) is 13.9 Å². The van der Waals surface area contributed by atoms with E-state index in [4.69, 9.17) is 13.9 Å². The maximum atomic E-state index is 6.64. The second-order valence-electron chi connectivity index (χ2n) is 8.35. The third-order valence-corrected chi connectivity index (χ3v) is 10.1. The number of hydrogen-bond acceptors (Lipinski definition) is 3. The van der Waals surface area contributed by atoms with Gasteiger partial charge < -0.3 is 13.9 Å². The monoisotopic (exact) mass is 326 g/mol. The Balaban J connectivity index is 1.91. The first kappa shape index (κ1) is 18.2. The van der Waals surface area contributed by atoms with E-state index in [9.17, 15) is 0 Å². The Morgan fingerprint density at radius 3 is 2.55 bits per heavy atom. The van der Waals surface area contributed by atoms with Gasteiger partial charge in [0.05, 0.1) is 12.7 Å². The lowest BCUT2D eigenvalue weighted by atomic mass is 10.0. The highest BCUT2D eigenvalue weighted by atomic mass is 28.4. The van der Waals surface area contributed by atoms with Crippen LogP contribution in [-0.4, -0.2) is 33.9 Å². The SMILES string of the molecule is C=C1CC[C@H](O[Si](C)(C)C(C)(C)C)[C@H]1COC1CCCCO1. The van der Waals surface area contributed by atoms with Gasteiger partial charge in [-0.25, -0.2) is 0 Å². The Morgan fingerprint density at radius 2 is 1.95 bits per heavy atom. The van der Waals surface area contributed by atoms with Crippen molar-refractivity contribution >= 4 is 8.32 Å². The summed E-state index contributed by atoms with van der Waals surface area (Å²) in [5.41, 5.74) is 1.29. The second kappa shape index (κ2) is 7.16. The van der Waals surface area contributed by atoms with Crippen molar-refractivity contribution < 1.29 is 13.9 Å². The minimum Gasteiger partial charge on any atom is -0.413 e. The first-order valence-electron chi connectivity index (χ1n) is 8.79. The smallest absolute Gasteiger partial charge is 0.192 e. The second-order valence-corrected chi connectivity index (χ2v) is 13.1. The van der Waals surface area contributed by atoms with E-state index < -0.39 is 8.32 Å². The molecule has 0 radical (unpaired) electrons. The molecule has 1 aliphatic heterocycles. The highest BCUT2D eigenvalue weighted by molar-refractivity contribution is 6.74. The molecule has 3 atom stereocenters. The van der Waals surface area contributed by atoms with Crippen LogP contribution in [0, 0.1) is 5.92 Å². The van der Waals surface area contributed by atoms with Gasteiger partial charge in [0.1, 0.15) is 0 Å². The Bertz CT molecular complexity index is 380. The molecule has 2 rings (SSSR count). The van der Waals surface area contributed by atoms with Gasteiger partial charge in [0, 0.05) is 12.5 Å². The molecule has 2 aliphatic rings. The van der Waals surface area contributed by atoms with Crippen molar-refractivity contribution in [3.8, 4) is 0 Å². The Kier molecular flexibility index (Phi) is 5.92. The lowest BCUT2D eigenvalue weighted by Crippen LogP contribution is -2.45. The van der Waals surface area contributed by atoms with E-state index >= 15 is 0 Å². The Labute approximate surface area is 137 Å². The molecule has 1 saturated heterocycles. The van der Waals surface area contributed by atoms with Gasteiger partial charge in [0.2, 0.25) is 0 Å². The van der Waals surface area contributed by atoms with Gasteiger partial charge in [0.15, 0.2) is 14.6 Å². The van der Waals surface area contributed by atoms with E-state index in [0.29, 0.717) is 12.5 Å². The predicted octanol–water partition coefficient (Wildman–Crippen LogP) is 4.89. The van der Waals surface area contributed by atoms with E-state index in [0.717, 1.165) is 32.3 Å². The van der Waals surface area contributed by atoms with Crippen molar-refractivity contribution in [1.82, 2.24) is 0 Å². The largest absolute Gasteiger partial charge is 0.413 e. The summed E-state index contributed by atoms with van der Waals surface area (Å²) < 4.78 is 18.3. The number of ether oxygens (including phenoxy) is 2. The minimum absolute atomic E-state index is 0.0179. The number of hydrogen-bond donors (Lipinski definition) is 0. The van der Waals surface area contributed by atoms with Gasteiger partial charge in [-0.05, 0) is 50.2 Å². The maximum absolute atomic E-state index is 6.64. The van der Waals surface area contributed by atoms with Crippen LogP contribution in [0.3, 0.4) is 0 Å². The van der Waals surface area contributed by atoms with E-state index in [2.05, 4.69) is 40.4 Å². The van der Waals surface area contributed by atoms with Crippen LogP contribution in [0.2, 0.25) is 18.1 Å². The molecule has 0 amide bonds. The molecule has 22 heavy (non-hydrogen) atoms. The molecule has 2 fully saturated rings. The van der Waals surface area contributed by atoms with Crippen LogP contribution in [0.1, 0.15) is 52.9 Å². The van der Waals surface area contributed by atoms with E-state index in [1.807, 2.05) is 0 Å². The zero-order valence-electron chi connectivity index (χ0n) is 15.1. The molecule has 0 aromatic rings. The van der Waals surface area contributed by atoms with Gasteiger partial charge >= 0.3 is 0 Å². The molecule has 1 heterocycles. The molecule has 4 heteroatoms. The van der Waals surface area contributed by atoms with Gasteiger partial charge in [-0.15, -0.1) is 0 Å². The van der Waals surface area contributed by atoms with Crippen molar-refractivity contribution in [2.24, 2.45) is 5.92 Å². The fourth-order valence-electron chi connectivity index (χ4n) is 2.95. The Morgan fingerprint density at radius 1 is 1.23 bits per heavy atom. The molecule has 0 N–H and O–H groups in total. The molecule has 1 aliphatic carbocycles. The average Bonchev–Trinajstić information content (AvgIpc) is 2.76. The Hall–Kier alpha value is -0.163. The molecular weight excluding hydrogens is 292 g/mol. The fraction of sp³-hybridized carbons (Fsp3) is 0.889. The fourth-order valence-corrected chi connectivity index (χ4v) is 4.34. The zero-order chi connectivity index (χ0) is 16.4. The van der Waals surface area contributed by atoms with E-state index in [1.54, 1.807) is 0 Å². The molecule has 0 bridgehead atoms. The summed E-state index contributed by atoms with van der Waals surface area (Å²) in [5, 5.41) is 0.245. The zero-order valence-corrected chi connectivity index (χ0v) is 16.1. The van der Waals surface area contributed by atoms with Crippen molar-refractivity contribution in [2.45, 2.75) is 83.4 Å². The van der Waals surface area contributed by atoms with Crippen LogP contribution in [0.25, 0.3) is 0 Å². The highest BCUT2D eigenvalue weighted by Gasteiger charge is 2.43. The summed E-state index contributed by atoms with van der Waals surface area (Å²) in [6.45, 7) is 17.3. The third kappa shape index (κ3) is 4.44. The normalized spacial score (nSPS) is 30.8. The van der Waals surface area contributed by atoms with E-state index in [1.165, 1.54) is 12.0 Å².